The molecule has 1 amide bonds. The van der Waals surface area contributed by atoms with Crippen LogP contribution in [0.3, 0.4) is 0 Å². The molecule has 116 valence electrons. The SMILES string of the molecule is O=C(Nc1nnc(-c2ccc(F)cc2)s1)c1c(Cl)cccc1Cl. The molecule has 0 unspecified atom stereocenters. The monoisotopic (exact) mass is 367 g/mol. The Bertz CT molecular complexity index is 847. The van der Waals surface area contributed by atoms with Gasteiger partial charge in [-0.1, -0.05) is 40.6 Å². The zero-order chi connectivity index (χ0) is 16.4. The van der Waals surface area contributed by atoms with Gasteiger partial charge in [-0.2, -0.15) is 0 Å². The molecule has 1 aromatic heterocycles. The molecule has 0 aliphatic carbocycles. The van der Waals surface area contributed by atoms with E-state index < -0.39 is 5.91 Å². The van der Waals surface area contributed by atoms with E-state index in [4.69, 9.17) is 23.2 Å². The second-order valence-corrected chi connectivity index (χ2v) is 6.26. The first-order valence-electron chi connectivity index (χ1n) is 6.39. The summed E-state index contributed by atoms with van der Waals surface area (Å²) in [6.45, 7) is 0. The number of carbonyl (C=O) groups is 1. The molecule has 0 saturated heterocycles. The molecular formula is C15H8Cl2FN3OS. The Balaban J connectivity index is 1.82. The van der Waals surface area contributed by atoms with Crippen LogP contribution in [0.1, 0.15) is 10.4 Å². The average Bonchev–Trinajstić information content (AvgIpc) is 2.96. The van der Waals surface area contributed by atoms with Crippen LogP contribution in [0.4, 0.5) is 9.52 Å². The van der Waals surface area contributed by atoms with Crippen LogP contribution in [0.15, 0.2) is 42.5 Å². The van der Waals surface area contributed by atoms with Gasteiger partial charge in [0.1, 0.15) is 10.8 Å². The molecule has 1 heterocycles. The number of hydrogen-bond acceptors (Lipinski definition) is 4. The van der Waals surface area contributed by atoms with E-state index in [9.17, 15) is 9.18 Å². The number of nitrogens with one attached hydrogen (secondary N) is 1. The standard InChI is InChI=1S/C15H8Cl2FN3OS/c16-10-2-1-3-11(17)12(10)13(22)19-15-21-20-14(23-15)8-4-6-9(18)7-5-8/h1-7H,(H,19,21,22). The first kappa shape index (κ1) is 15.9. The van der Waals surface area contributed by atoms with E-state index in [1.807, 2.05) is 0 Å². The van der Waals surface area contributed by atoms with Crippen molar-refractivity contribution in [3.8, 4) is 10.6 Å². The van der Waals surface area contributed by atoms with Crippen LogP contribution in [0, 0.1) is 5.82 Å². The van der Waals surface area contributed by atoms with E-state index in [-0.39, 0.29) is 21.4 Å². The average molecular weight is 368 g/mol. The van der Waals surface area contributed by atoms with Crippen LogP contribution in [0.2, 0.25) is 10.0 Å². The summed E-state index contributed by atoms with van der Waals surface area (Å²) in [6, 6.07) is 10.6. The molecule has 0 bridgehead atoms. The van der Waals surface area contributed by atoms with Crippen molar-refractivity contribution in [2.75, 3.05) is 5.32 Å². The molecule has 3 rings (SSSR count). The van der Waals surface area contributed by atoms with Crippen molar-refractivity contribution in [3.05, 3.63) is 63.9 Å². The highest BCUT2D eigenvalue weighted by molar-refractivity contribution is 7.18. The van der Waals surface area contributed by atoms with Gasteiger partial charge < -0.3 is 0 Å². The largest absolute Gasteiger partial charge is 0.296 e. The Kier molecular flexibility index (Phi) is 4.56. The van der Waals surface area contributed by atoms with Crippen LogP contribution in [0.25, 0.3) is 10.6 Å². The molecule has 0 atom stereocenters. The molecule has 0 spiro atoms. The minimum atomic E-state index is -0.470. The lowest BCUT2D eigenvalue weighted by molar-refractivity contribution is 0.102. The number of rotatable bonds is 3. The first-order chi connectivity index (χ1) is 11.0. The molecule has 0 saturated carbocycles. The maximum Gasteiger partial charge on any atom is 0.260 e. The smallest absolute Gasteiger partial charge is 0.260 e. The van der Waals surface area contributed by atoms with Gasteiger partial charge in [-0.05, 0) is 36.4 Å². The molecular weight excluding hydrogens is 360 g/mol. The van der Waals surface area contributed by atoms with Gasteiger partial charge in [0.25, 0.3) is 5.91 Å². The van der Waals surface area contributed by atoms with E-state index in [0.29, 0.717) is 15.7 Å². The normalized spacial score (nSPS) is 10.6. The molecule has 0 radical (unpaired) electrons. The summed E-state index contributed by atoms with van der Waals surface area (Å²) in [7, 11) is 0. The summed E-state index contributed by atoms with van der Waals surface area (Å²) in [6.07, 6.45) is 0. The van der Waals surface area contributed by atoms with Gasteiger partial charge in [0, 0.05) is 5.56 Å². The maximum absolute atomic E-state index is 12.9. The minimum absolute atomic E-state index is 0.175. The van der Waals surface area contributed by atoms with Gasteiger partial charge in [0.15, 0.2) is 0 Å². The number of anilines is 1. The van der Waals surface area contributed by atoms with Crippen molar-refractivity contribution in [3.63, 3.8) is 0 Å². The van der Waals surface area contributed by atoms with Gasteiger partial charge >= 0.3 is 0 Å². The fourth-order valence-corrected chi connectivity index (χ4v) is 3.17. The van der Waals surface area contributed by atoms with Crippen LogP contribution in [-0.4, -0.2) is 16.1 Å². The Labute approximate surface area is 144 Å². The van der Waals surface area contributed by atoms with Crippen LogP contribution in [0.5, 0.6) is 0 Å². The molecule has 0 aliphatic rings. The lowest BCUT2D eigenvalue weighted by Crippen LogP contribution is -2.12. The number of nitrogens with zero attached hydrogens (tertiary/aromatic N) is 2. The zero-order valence-corrected chi connectivity index (χ0v) is 13.7. The van der Waals surface area contributed by atoms with Crippen molar-refractivity contribution in [2.45, 2.75) is 0 Å². The van der Waals surface area contributed by atoms with Gasteiger partial charge in [-0.15, -0.1) is 10.2 Å². The summed E-state index contributed by atoms with van der Waals surface area (Å²) in [4.78, 5) is 12.3. The van der Waals surface area contributed by atoms with Crippen molar-refractivity contribution in [1.82, 2.24) is 10.2 Å². The molecule has 8 heteroatoms. The Morgan fingerprint density at radius 3 is 2.35 bits per heavy atom. The lowest BCUT2D eigenvalue weighted by Gasteiger charge is -2.05. The first-order valence-corrected chi connectivity index (χ1v) is 7.96. The Morgan fingerprint density at radius 2 is 1.70 bits per heavy atom. The third-order valence-electron chi connectivity index (χ3n) is 2.93. The quantitative estimate of drug-likeness (QED) is 0.715. The highest BCUT2D eigenvalue weighted by atomic mass is 35.5. The number of benzene rings is 2. The van der Waals surface area contributed by atoms with Gasteiger partial charge in [-0.3, -0.25) is 10.1 Å². The topological polar surface area (TPSA) is 54.9 Å². The van der Waals surface area contributed by atoms with Crippen molar-refractivity contribution >= 4 is 45.6 Å². The summed E-state index contributed by atoms with van der Waals surface area (Å²) in [5, 5.41) is 11.8. The molecule has 1 N–H and O–H groups in total. The molecule has 0 fully saturated rings. The number of carbonyl (C=O) groups excluding carboxylic acids is 1. The molecule has 0 aliphatic heterocycles. The number of amides is 1. The third-order valence-corrected chi connectivity index (χ3v) is 4.44. The second kappa shape index (κ2) is 6.62. The predicted molar refractivity (Wildman–Crippen MR) is 89.7 cm³/mol. The molecule has 2 aromatic carbocycles. The summed E-state index contributed by atoms with van der Waals surface area (Å²) >= 11 is 13.1. The van der Waals surface area contributed by atoms with E-state index in [1.165, 1.54) is 12.1 Å². The molecule has 4 nitrogen and oxygen atoms in total. The predicted octanol–water partition coefficient (Wildman–Crippen LogP) is 4.90. The summed E-state index contributed by atoms with van der Waals surface area (Å²) in [5.74, 6) is -0.803. The number of aromatic nitrogens is 2. The summed E-state index contributed by atoms with van der Waals surface area (Å²) in [5.41, 5.74) is 0.884. The minimum Gasteiger partial charge on any atom is -0.296 e. The van der Waals surface area contributed by atoms with Crippen LogP contribution < -0.4 is 5.32 Å². The third kappa shape index (κ3) is 3.50. The summed E-state index contributed by atoms with van der Waals surface area (Å²) < 4.78 is 12.9. The molecule has 3 aromatic rings. The number of hydrogen-bond donors (Lipinski definition) is 1. The highest BCUT2D eigenvalue weighted by Crippen LogP contribution is 2.29. The number of halogens is 3. The zero-order valence-electron chi connectivity index (χ0n) is 11.4. The highest BCUT2D eigenvalue weighted by Gasteiger charge is 2.16. The molecule has 23 heavy (non-hydrogen) atoms. The fraction of sp³-hybridized carbons (Fsp3) is 0. The second-order valence-electron chi connectivity index (χ2n) is 4.47. The van der Waals surface area contributed by atoms with E-state index in [0.717, 1.165) is 11.3 Å². The van der Waals surface area contributed by atoms with E-state index in [1.54, 1.807) is 30.3 Å². The van der Waals surface area contributed by atoms with Crippen LogP contribution in [-0.2, 0) is 0 Å². The van der Waals surface area contributed by atoms with E-state index in [2.05, 4.69) is 15.5 Å². The maximum atomic E-state index is 12.9. The Hall–Kier alpha value is -2.02. The van der Waals surface area contributed by atoms with E-state index >= 15 is 0 Å². The van der Waals surface area contributed by atoms with Crippen LogP contribution >= 0.6 is 34.5 Å². The Morgan fingerprint density at radius 1 is 1.04 bits per heavy atom. The van der Waals surface area contributed by atoms with Crippen molar-refractivity contribution in [2.24, 2.45) is 0 Å². The van der Waals surface area contributed by atoms with Crippen molar-refractivity contribution < 1.29 is 9.18 Å². The van der Waals surface area contributed by atoms with Crippen molar-refractivity contribution in [1.29, 1.82) is 0 Å². The van der Waals surface area contributed by atoms with Gasteiger partial charge in [0.05, 0.1) is 15.6 Å². The lowest BCUT2D eigenvalue weighted by atomic mass is 10.2. The fourth-order valence-electron chi connectivity index (χ4n) is 1.86. The van der Waals surface area contributed by atoms with Gasteiger partial charge in [-0.25, -0.2) is 4.39 Å². The van der Waals surface area contributed by atoms with Gasteiger partial charge in [0.2, 0.25) is 5.13 Å².